The third kappa shape index (κ3) is 2.00. The van der Waals surface area contributed by atoms with Crippen molar-refractivity contribution in [2.45, 2.75) is 18.7 Å². The van der Waals surface area contributed by atoms with Crippen LogP contribution in [0, 0.1) is 11.2 Å². The summed E-state index contributed by atoms with van der Waals surface area (Å²) in [6.07, 6.45) is 0. The van der Waals surface area contributed by atoms with Gasteiger partial charge in [0.15, 0.2) is 0 Å². The van der Waals surface area contributed by atoms with Gasteiger partial charge in [-0.25, -0.2) is 4.39 Å². The molecular formula is C11H12FNOS. The Balaban J connectivity index is 2.40. The first kappa shape index (κ1) is 10.5. The maximum absolute atomic E-state index is 13.0. The van der Waals surface area contributed by atoms with E-state index in [1.807, 2.05) is 13.8 Å². The van der Waals surface area contributed by atoms with Crippen molar-refractivity contribution < 1.29 is 9.18 Å². The Kier molecular flexibility index (Phi) is 2.46. The van der Waals surface area contributed by atoms with Gasteiger partial charge in [-0.15, -0.1) is 11.8 Å². The molecule has 1 aromatic carbocycles. The highest BCUT2D eigenvalue weighted by molar-refractivity contribution is 7.99. The Hall–Kier alpha value is -1.03. The Bertz CT molecular complexity index is 417. The fourth-order valence-corrected chi connectivity index (χ4v) is 2.42. The second-order valence-corrected chi connectivity index (χ2v) is 5.28. The smallest absolute Gasteiger partial charge is 0.230 e. The molecule has 1 aliphatic heterocycles. The number of amides is 1. The van der Waals surface area contributed by atoms with Crippen molar-refractivity contribution in [1.29, 1.82) is 0 Å². The quantitative estimate of drug-likeness (QED) is 0.735. The van der Waals surface area contributed by atoms with Crippen LogP contribution in [0.3, 0.4) is 0 Å². The second kappa shape index (κ2) is 3.52. The molecule has 1 N–H and O–H groups in total. The first-order chi connectivity index (χ1) is 6.99. The number of carbonyl (C=O) groups is 1. The van der Waals surface area contributed by atoms with Gasteiger partial charge in [0.2, 0.25) is 5.91 Å². The van der Waals surface area contributed by atoms with Crippen LogP contribution in [0.5, 0.6) is 0 Å². The Morgan fingerprint density at radius 3 is 2.93 bits per heavy atom. The highest BCUT2D eigenvalue weighted by atomic mass is 32.2. The number of rotatable bonds is 0. The minimum Gasteiger partial charge on any atom is -0.324 e. The zero-order valence-corrected chi connectivity index (χ0v) is 9.45. The van der Waals surface area contributed by atoms with E-state index in [2.05, 4.69) is 5.32 Å². The molecule has 15 heavy (non-hydrogen) atoms. The van der Waals surface area contributed by atoms with Crippen molar-refractivity contribution in [3.63, 3.8) is 0 Å². The molecule has 1 aromatic rings. The number of nitrogens with one attached hydrogen (secondary N) is 1. The topological polar surface area (TPSA) is 29.1 Å². The van der Waals surface area contributed by atoms with E-state index in [1.165, 1.54) is 12.1 Å². The monoisotopic (exact) mass is 225 g/mol. The predicted molar refractivity (Wildman–Crippen MR) is 59.5 cm³/mol. The summed E-state index contributed by atoms with van der Waals surface area (Å²) >= 11 is 1.58. The third-order valence-corrected chi connectivity index (χ3v) is 3.93. The lowest BCUT2D eigenvalue weighted by Gasteiger charge is -2.18. The van der Waals surface area contributed by atoms with Gasteiger partial charge in [-0.2, -0.15) is 0 Å². The largest absolute Gasteiger partial charge is 0.324 e. The summed E-state index contributed by atoms with van der Waals surface area (Å²) in [5.74, 6) is 0.325. The minimum atomic E-state index is -0.417. The Labute approximate surface area is 92.3 Å². The molecule has 0 saturated heterocycles. The molecule has 0 aliphatic carbocycles. The molecule has 0 saturated carbocycles. The van der Waals surface area contributed by atoms with Crippen LogP contribution in [-0.4, -0.2) is 11.7 Å². The molecule has 0 atom stereocenters. The molecular weight excluding hydrogens is 213 g/mol. The van der Waals surface area contributed by atoms with Gasteiger partial charge < -0.3 is 5.32 Å². The average Bonchev–Trinajstić information content (AvgIpc) is 2.25. The molecule has 0 spiro atoms. The number of halogens is 1. The first-order valence-electron chi connectivity index (χ1n) is 4.73. The first-order valence-corrected chi connectivity index (χ1v) is 5.71. The van der Waals surface area contributed by atoms with Crippen LogP contribution in [0.2, 0.25) is 0 Å². The van der Waals surface area contributed by atoms with Crippen molar-refractivity contribution >= 4 is 23.4 Å². The number of hydrogen-bond donors (Lipinski definition) is 1. The van der Waals surface area contributed by atoms with Crippen LogP contribution >= 0.6 is 11.8 Å². The average molecular weight is 225 g/mol. The summed E-state index contributed by atoms with van der Waals surface area (Å²) < 4.78 is 13.0. The maximum atomic E-state index is 13.0. The number of thioether (sulfide) groups is 1. The van der Waals surface area contributed by atoms with Gasteiger partial charge in [-0.3, -0.25) is 4.79 Å². The van der Waals surface area contributed by atoms with Gasteiger partial charge in [-0.1, -0.05) is 13.8 Å². The number of fused-ring (bicyclic) bond motifs is 1. The zero-order valence-electron chi connectivity index (χ0n) is 8.63. The molecule has 0 unspecified atom stereocenters. The molecule has 0 radical (unpaired) electrons. The van der Waals surface area contributed by atoms with Crippen LogP contribution in [-0.2, 0) is 4.79 Å². The fourth-order valence-electron chi connectivity index (χ4n) is 1.34. The molecule has 0 bridgehead atoms. The molecule has 4 heteroatoms. The number of benzene rings is 1. The van der Waals surface area contributed by atoms with Crippen LogP contribution < -0.4 is 5.32 Å². The lowest BCUT2D eigenvalue weighted by molar-refractivity contribution is -0.122. The van der Waals surface area contributed by atoms with Gasteiger partial charge in [0.25, 0.3) is 0 Å². The molecule has 80 valence electrons. The summed E-state index contributed by atoms with van der Waals surface area (Å²) in [5.41, 5.74) is 0.163. The molecule has 1 amide bonds. The zero-order chi connectivity index (χ0) is 11.1. The Morgan fingerprint density at radius 2 is 2.20 bits per heavy atom. The highest BCUT2D eigenvalue weighted by Gasteiger charge is 2.31. The van der Waals surface area contributed by atoms with E-state index in [0.29, 0.717) is 11.4 Å². The van der Waals surface area contributed by atoms with Crippen molar-refractivity contribution in [3.8, 4) is 0 Å². The normalized spacial score (nSPS) is 19.0. The van der Waals surface area contributed by atoms with E-state index < -0.39 is 5.41 Å². The maximum Gasteiger partial charge on any atom is 0.230 e. The van der Waals surface area contributed by atoms with E-state index in [0.717, 1.165) is 4.90 Å². The van der Waals surface area contributed by atoms with E-state index in [1.54, 1.807) is 17.8 Å². The highest BCUT2D eigenvalue weighted by Crippen LogP contribution is 2.37. The van der Waals surface area contributed by atoms with Crippen molar-refractivity contribution in [2.24, 2.45) is 5.41 Å². The molecule has 2 rings (SSSR count). The number of anilines is 1. The van der Waals surface area contributed by atoms with E-state index in [9.17, 15) is 9.18 Å². The van der Waals surface area contributed by atoms with Gasteiger partial charge in [-0.05, 0) is 18.2 Å². The van der Waals surface area contributed by atoms with Gasteiger partial charge in [0.1, 0.15) is 5.82 Å². The lowest BCUT2D eigenvalue weighted by Crippen LogP contribution is -2.31. The minimum absolute atomic E-state index is 0.0562. The second-order valence-electron chi connectivity index (χ2n) is 4.27. The van der Waals surface area contributed by atoms with Gasteiger partial charge in [0.05, 0.1) is 11.1 Å². The third-order valence-electron chi connectivity index (χ3n) is 2.39. The van der Waals surface area contributed by atoms with Crippen LogP contribution in [0.25, 0.3) is 0 Å². The van der Waals surface area contributed by atoms with Crippen LogP contribution in [0.4, 0.5) is 10.1 Å². The summed E-state index contributed by atoms with van der Waals surface area (Å²) in [4.78, 5) is 12.7. The summed E-state index contributed by atoms with van der Waals surface area (Å²) in [6.45, 7) is 3.77. The molecule has 1 aliphatic rings. The predicted octanol–water partition coefficient (Wildman–Crippen LogP) is 2.90. The summed E-state index contributed by atoms with van der Waals surface area (Å²) in [5, 5.41) is 2.75. The lowest BCUT2D eigenvalue weighted by atomic mass is 9.95. The number of hydrogen-bond acceptors (Lipinski definition) is 2. The summed E-state index contributed by atoms with van der Waals surface area (Å²) in [6, 6.07) is 4.48. The fraction of sp³-hybridized carbons (Fsp3) is 0.364. The number of carbonyl (C=O) groups excluding carboxylic acids is 1. The molecule has 1 heterocycles. The van der Waals surface area contributed by atoms with Crippen LogP contribution in [0.1, 0.15) is 13.8 Å². The van der Waals surface area contributed by atoms with Crippen molar-refractivity contribution in [1.82, 2.24) is 0 Å². The van der Waals surface area contributed by atoms with E-state index >= 15 is 0 Å². The molecule has 2 nitrogen and oxygen atoms in total. The van der Waals surface area contributed by atoms with E-state index in [4.69, 9.17) is 0 Å². The Morgan fingerprint density at radius 1 is 1.47 bits per heavy atom. The van der Waals surface area contributed by atoms with E-state index in [-0.39, 0.29) is 11.7 Å². The van der Waals surface area contributed by atoms with Crippen molar-refractivity contribution in [2.75, 3.05) is 11.1 Å². The van der Waals surface area contributed by atoms with Crippen LogP contribution in [0.15, 0.2) is 23.1 Å². The summed E-state index contributed by atoms with van der Waals surface area (Å²) in [7, 11) is 0. The standard InChI is InChI=1S/C11H12FNOS/c1-11(2)6-15-9-4-3-7(12)5-8(9)13-10(11)14/h3-5H,6H2,1-2H3,(H,13,14). The molecule has 0 aromatic heterocycles. The SMILES string of the molecule is CC1(C)CSc2ccc(F)cc2NC1=O. The molecule has 0 fully saturated rings. The van der Waals surface area contributed by atoms with Gasteiger partial charge >= 0.3 is 0 Å². The van der Waals surface area contributed by atoms with Crippen molar-refractivity contribution in [3.05, 3.63) is 24.0 Å². The van der Waals surface area contributed by atoms with Gasteiger partial charge in [0, 0.05) is 10.6 Å².